The predicted octanol–water partition coefficient (Wildman–Crippen LogP) is 3.67. The van der Waals surface area contributed by atoms with Crippen LogP contribution in [0.25, 0.3) is 6.08 Å². The standard InChI is InChI=1S/C21H19F2NO5S/c22-21(23)29-16-9-6-15(7-10-16)8-11-20(27)28-14-19(26)24-18(25)12-13-30-17-4-2-1-3-5-17/h1-11,21H,12-14H2,(H,24,25,26). The van der Waals surface area contributed by atoms with Crippen LogP contribution in [0.5, 0.6) is 5.75 Å². The quantitative estimate of drug-likeness (QED) is 0.348. The van der Waals surface area contributed by atoms with E-state index < -0.39 is 31.0 Å². The number of rotatable bonds is 10. The van der Waals surface area contributed by atoms with Gasteiger partial charge in [0.2, 0.25) is 5.91 Å². The minimum atomic E-state index is -2.91. The smallest absolute Gasteiger partial charge is 0.387 e. The SMILES string of the molecule is O=C(CCSc1ccccc1)NC(=O)COC(=O)C=Cc1ccc(OC(F)F)cc1. The highest BCUT2D eigenvalue weighted by atomic mass is 32.2. The van der Waals surface area contributed by atoms with Crippen LogP contribution in [0.3, 0.4) is 0 Å². The third-order valence-electron chi connectivity index (χ3n) is 3.48. The molecule has 0 heterocycles. The molecule has 0 aliphatic heterocycles. The van der Waals surface area contributed by atoms with Crippen molar-refractivity contribution < 1.29 is 32.6 Å². The maximum absolute atomic E-state index is 12.1. The first-order valence-corrected chi connectivity index (χ1v) is 9.81. The summed E-state index contributed by atoms with van der Waals surface area (Å²) in [7, 11) is 0. The molecule has 2 rings (SSSR count). The van der Waals surface area contributed by atoms with Gasteiger partial charge in [0, 0.05) is 23.1 Å². The number of thioether (sulfide) groups is 1. The molecule has 0 saturated heterocycles. The van der Waals surface area contributed by atoms with Gasteiger partial charge in [0.15, 0.2) is 6.61 Å². The molecule has 0 aliphatic rings. The Morgan fingerprint density at radius 1 is 1.00 bits per heavy atom. The van der Waals surface area contributed by atoms with Crippen molar-refractivity contribution in [2.75, 3.05) is 12.4 Å². The zero-order chi connectivity index (χ0) is 21.8. The van der Waals surface area contributed by atoms with E-state index in [2.05, 4.69) is 10.1 Å². The first-order chi connectivity index (χ1) is 14.4. The van der Waals surface area contributed by atoms with Gasteiger partial charge >= 0.3 is 12.6 Å². The van der Waals surface area contributed by atoms with E-state index in [-0.39, 0.29) is 12.2 Å². The Hall–Kier alpha value is -3.20. The molecular formula is C21H19F2NO5S. The molecule has 0 atom stereocenters. The molecule has 158 valence electrons. The van der Waals surface area contributed by atoms with Crippen molar-refractivity contribution >= 4 is 35.6 Å². The minimum absolute atomic E-state index is 0.00627. The highest BCUT2D eigenvalue weighted by molar-refractivity contribution is 7.99. The topological polar surface area (TPSA) is 81.7 Å². The van der Waals surface area contributed by atoms with Gasteiger partial charge in [0.25, 0.3) is 5.91 Å². The number of carbonyl (C=O) groups is 3. The number of hydrogen-bond donors (Lipinski definition) is 1. The molecular weight excluding hydrogens is 416 g/mol. The number of esters is 1. The van der Waals surface area contributed by atoms with Crippen LogP contribution in [-0.4, -0.2) is 36.8 Å². The number of halogens is 2. The number of hydrogen-bond acceptors (Lipinski definition) is 6. The summed E-state index contributed by atoms with van der Waals surface area (Å²) in [4.78, 5) is 36.1. The van der Waals surface area contributed by atoms with Gasteiger partial charge in [-0.15, -0.1) is 11.8 Å². The summed E-state index contributed by atoms with van der Waals surface area (Å²) >= 11 is 1.49. The second-order valence-electron chi connectivity index (χ2n) is 5.77. The summed E-state index contributed by atoms with van der Waals surface area (Å²) in [6.07, 6.45) is 2.61. The molecule has 0 spiro atoms. The summed E-state index contributed by atoms with van der Waals surface area (Å²) in [5.41, 5.74) is 0.545. The fourth-order valence-corrected chi connectivity index (χ4v) is 3.01. The van der Waals surface area contributed by atoms with Gasteiger partial charge in [0.05, 0.1) is 0 Å². The number of imide groups is 1. The monoisotopic (exact) mass is 435 g/mol. The number of alkyl halides is 2. The molecule has 30 heavy (non-hydrogen) atoms. The Bertz CT molecular complexity index is 873. The average Bonchev–Trinajstić information content (AvgIpc) is 2.72. The Balaban J connectivity index is 1.65. The Kier molecular flexibility index (Phi) is 9.53. The van der Waals surface area contributed by atoms with Crippen molar-refractivity contribution in [1.29, 1.82) is 0 Å². The van der Waals surface area contributed by atoms with Crippen LogP contribution in [-0.2, 0) is 19.1 Å². The second-order valence-corrected chi connectivity index (χ2v) is 6.94. The Morgan fingerprint density at radius 2 is 1.70 bits per heavy atom. The van der Waals surface area contributed by atoms with E-state index in [1.165, 1.54) is 42.1 Å². The van der Waals surface area contributed by atoms with Crippen LogP contribution in [0.15, 0.2) is 65.6 Å². The molecule has 0 saturated carbocycles. The van der Waals surface area contributed by atoms with Gasteiger partial charge in [-0.1, -0.05) is 30.3 Å². The third kappa shape index (κ3) is 9.33. The van der Waals surface area contributed by atoms with Gasteiger partial charge in [0.1, 0.15) is 5.75 Å². The third-order valence-corrected chi connectivity index (χ3v) is 4.50. The lowest BCUT2D eigenvalue weighted by Crippen LogP contribution is -2.34. The minimum Gasteiger partial charge on any atom is -0.452 e. The Morgan fingerprint density at radius 3 is 2.37 bits per heavy atom. The summed E-state index contributed by atoms with van der Waals surface area (Å²) < 4.78 is 33.1. The van der Waals surface area contributed by atoms with Crippen LogP contribution in [0, 0.1) is 0 Å². The van der Waals surface area contributed by atoms with Crippen molar-refractivity contribution in [2.45, 2.75) is 17.9 Å². The van der Waals surface area contributed by atoms with Crippen molar-refractivity contribution in [3.05, 3.63) is 66.2 Å². The molecule has 9 heteroatoms. The number of nitrogens with one attached hydrogen (secondary N) is 1. The second kappa shape index (κ2) is 12.4. The van der Waals surface area contributed by atoms with Crippen molar-refractivity contribution in [2.24, 2.45) is 0 Å². The van der Waals surface area contributed by atoms with Gasteiger partial charge in [-0.3, -0.25) is 14.9 Å². The fourth-order valence-electron chi connectivity index (χ4n) is 2.14. The molecule has 6 nitrogen and oxygen atoms in total. The summed E-state index contributed by atoms with van der Waals surface area (Å²) in [6.45, 7) is -3.51. The number of carbonyl (C=O) groups excluding carboxylic acids is 3. The normalized spacial score (nSPS) is 10.8. The van der Waals surface area contributed by atoms with E-state index in [1.54, 1.807) is 0 Å². The number of ether oxygens (including phenoxy) is 2. The van der Waals surface area contributed by atoms with E-state index >= 15 is 0 Å². The average molecular weight is 435 g/mol. The predicted molar refractivity (Wildman–Crippen MR) is 108 cm³/mol. The lowest BCUT2D eigenvalue weighted by Gasteiger charge is -2.05. The molecule has 0 aromatic heterocycles. The fraction of sp³-hybridized carbons (Fsp3) is 0.190. The molecule has 0 bridgehead atoms. The first kappa shape index (κ1) is 23.1. The molecule has 1 N–H and O–H groups in total. The summed E-state index contributed by atoms with van der Waals surface area (Å²) in [6, 6.07) is 15.1. The lowest BCUT2D eigenvalue weighted by atomic mass is 10.2. The number of amides is 2. The highest BCUT2D eigenvalue weighted by Crippen LogP contribution is 2.17. The lowest BCUT2D eigenvalue weighted by molar-refractivity contribution is -0.145. The Labute approximate surface area is 176 Å². The molecule has 2 aromatic carbocycles. The molecule has 0 unspecified atom stereocenters. The van der Waals surface area contributed by atoms with Gasteiger partial charge in [-0.05, 0) is 35.9 Å². The molecule has 2 aromatic rings. The maximum Gasteiger partial charge on any atom is 0.387 e. The van der Waals surface area contributed by atoms with Gasteiger partial charge in [-0.25, -0.2) is 4.79 Å². The maximum atomic E-state index is 12.1. The van der Waals surface area contributed by atoms with Crippen LogP contribution in [0.4, 0.5) is 8.78 Å². The first-order valence-electron chi connectivity index (χ1n) is 8.82. The molecule has 0 radical (unpaired) electrons. The van der Waals surface area contributed by atoms with E-state index in [0.717, 1.165) is 11.0 Å². The summed E-state index contributed by atoms with van der Waals surface area (Å²) in [5.74, 6) is -1.47. The van der Waals surface area contributed by atoms with Crippen LogP contribution < -0.4 is 10.1 Å². The van der Waals surface area contributed by atoms with Crippen molar-refractivity contribution in [3.8, 4) is 5.75 Å². The van der Waals surface area contributed by atoms with Crippen LogP contribution in [0.2, 0.25) is 0 Å². The largest absolute Gasteiger partial charge is 0.452 e. The van der Waals surface area contributed by atoms with E-state index in [1.807, 2.05) is 30.3 Å². The van der Waals surface area contributed by atoms with Crippen LogP contribution in [0.1, 0.15) is 12.0 Å². The van der Waals surface area contributed by atoms with E-state index in [9.17, 15) is 23.2 Å². The molecule has 0 aliphatic carbocycles. The van der Waals surface area contributed by atoms with Gasteiger partial charge < -0.3 is 9.47 Å². The van der Waals surface area contributed by atoms with Crippen molar-refractivity contribution in [1.82, 2.24) is 5.32 Å². The highest BCUT2D eigenvalue weighted by Gasteiger charge is 2.10. The van der Waals surface area contributed by atoms with E-state index in [0.29, 0.717) is 11.3 Å². The zero-order valence-electron chi connectivity index (χ0n) is 15.8. The summed E-state index contributed by atoms with van der Waals surface area (Å²) in [5, 5.41) is 2.15. The van der Waals surface area contributed by atoms with E-state index in [4.69, 9.17) is 4.74 Å². The number of benzene rings is 2. The zero-order valence-corrected chi connectivity index (χ0v) is 16.6. The molecule has 2 amide bonds. The van der Waals surface area contributed by atoms with Crippen molar-refractivity contribution in [3.63, 3.8) is 0 Å². The molecule has 0 fully saturated rings. The van der Waals surface area contributed by atoms with Crippen LogP contribution >= 0.6 is 11.8 Å². The van der Waals surface area contributed by atoms with Gasteiger partial charge in [-0.2, -0.15) is 8.78 Å².